The van der Waals surface area contributed by atoms with Crippen LogP contribution >= 0.6 is 0 Å². The second-order valence-electron chi connectivity index (χ2n) is 11.2. The van der Waals surface area contributed by atoms with E-state index in [0.29, 0.717) is 38.7 Å². The molecule has 0 spiro atoms. The average Bonchev–Trinajstić information content (AvgIpc) is 3.56. The summed E-state index contributed by atoms with van der Waals surface area (Å²) in [5, 5.41) is 12.4. The number of piperazine rings is 1. The number of aromatic hydroxyl groups is 1. The minimum absolute atomic E-state index is 0.0362. The Hall–Kier alpha value is -3.85. The number of aromatic nitrogens is 2. The van der Waals surface area contributed by atoms with Crippen LogP contribution in [0.15, 0.2) is 49.1 Å². The van der Waals surface area contributed by atoms with Gasteiger partial charge in [0.15, 0.2) is 0 Å². The summed E-state index contributed by atoms with van der Waals surface area (Å²) in [6, 6.07) is 12.8. The van der Waals surface area contributed by atoms with E-state index >= 15 is 0 Å². The van der Waals surface area contributed by atoms with E-state index < -0.39 is 0 Å². The van der Waals surface area contributed by atoms with Gasteiger partial charge in [0, 0.05) is 61.5 Å². The molecule has 9 heteroatoms. The van der Waals surface area contributed by atoms with Crippen molar-refractivity contribution in [1.29, 1.82) is 0 Å². The van der Waals surface area contributed by atoms with Crippen molar-refractivity contribution in [1.82, 2.24) is 19.8 Å². The van der Waals surface area contributed by atoms with Gasteiger partial charge in [-0.2, -0.15) is 9.97 Å². The van der Waals surface area contributed by atoms with Crippen LogP contribution in [-0.4, -0.2) is 89.7 Å². The van der Waals surface area contributed by atoms with Crippen molar-refractivity contribution < 1.29 is 14.6 Å². The first kappa shape index (κ1) is 28.7. The number of amides is 1. The van der Waals surface area contributed by atoms with Crippen LogP contribution in [0.3, 0.4) is 0 Å². The molecule has 9 nitrogen and oxygen atoms in total. The average molecular weight is 559 g/mol. The number of ether oxygens (including phenoxy) is 1. The molecule has 1 N–H and O–H groups in total. The highest BCUT2D eigenvalue weighted by Crippen LogP contribution is 2.36. The second-order valence-corrected chi connectivity index (χ2v) is 11.2. The lowest BCUT2D eigenvalue weighted by atomic mass is 10.0. The molecule has 0 atom stereocenters. The fourth-order valence-corrected chi connectivity index (χ4v) is 6.01. The summed E-state index contributed by atoms with van der Waals surface area (Å²) >= 11 is 0. The maximum Gasteiger partial charge on any atom is 0.318 e. The second kappa shape index (κ2) is 12.8. The Morgan fingerprint density at radius 2 is 1.73 bits per heavy atom. The van der Waals surface area contributed by atoms with Gasteiger partial charge in [-0.05, 0) is 63.7 Å². The van der Waals surface area contributed by atoms with E-state index in [-0.39, 0.29) is 11.7 Å². The summed E-state index contributed by atoms with van der Waals surface area (Å²) in [5.74, 6) is 1.11. The largest absolute Gasteiger partial charge is 0.508 e. The number of hydrogen-bond acceptors (Lipinski definition) is 8. The molecule has 3 aliphatic heterocycles. The number of methoxy groups -OCH3 is 1. The molecule has 218 valence electrons. The number of anilines is 2. The van der Waals surface area contributed by atoms with E-state index in [2.05, 4.69) is 46.2 Å². The van der Waals surface area contributed by atoms with E-state index in [4.69, 9.17) is 9.72 Å². The number of fused-ring (bicyclic) bond motifs is 2. The molecule has 3 aromatic rings. The summed E-state index contributed by atoms with van der Waals surface area (Å²) in [5.41, 5.74) is 3.05. The molecule has 2 aromatic carbocycles. The number of benzene rings is 2. The number of carbonyl (C=O) groups is 1. The number of phenolic OH excluding ortho intramolecular Hbond substituents is 1. The Kier molecular flexibility index (Phi) is 8.93. The van der Waals surface area contributed by atoms with Gasteiger partial charge < -0.3 is 29.4 Å². The molecule has 6 rings (SSSR count). The van der Waals surface area contributed by atoms with Crippen molar-refractivity contribution in [3.63, 3.8) is 0 Å². The maximum absolute atomic E-state index is 12.0. The van der Waals surface area contributed by atoms with Crippen molar-refractivity contribution in [2.45, 2.75) is 45.7 Å². The third kappa shape index (κ3) is 6.40. The van der Waals surface area contributed by atoms with Gasteiger partial charge in [0.2, 0.25) is 5.91 Å². The summed E-state index contributed by atoms with van der Waals surface area (Å²) in [6.07, 6.45) is 4.98. The SMILES string of the molecule is C=CC(=O)N1CCN(c2nc(OC)nc3c2CCN(c2cc(O)cc4ccccc24)C3)CC1.CC(C)N1CCCC1. The first-order chi connectivity index (χ1) is 19.9. The zero-order valence-electron chi connectivity index (χ0n) is 24.6. The maximum atomic E-state index is 12.0. The van der Waals surface area contributed by atoms with E-state index in [1.54, 1.807) is 13.2 Å². The van der Waals surface area contributed by atoms with Crippen LogP contribution in [0.25, 0.3) is 10.8 Å². The van der Waals surface area contributed by atoms with Gasteiger partial charge in [0.1, 0.15) is 11.6 Å². The van der Waals surface area contributed by atoms with Gasteiger partial charge in [0.25, 0.3) is 0 Å². The number of carbonyl (C=O) groups excluding carboxylic acids is 1. The van der Waals surface area contributed by atoms with Gasteiger partial charge in [0.05, 0.1) is 19.3 Å². The van der Waals surface area contributed by atoms with Gasteiger partial charge in [-0.1, -0.05) is 30.8 Å². The fourth-order valence-electron chi connectivity index (χ4n) is 6.01. The van der Waals surface area contributed by atoms with Crippen molar-refractivity contribution in [3.8, 4) is 11.8 Å². The molecule has 41 heavy (non-hydrogen) atoms. The minimum Gasteiger partial charge on any atom is -0.508 e. The first-order valence-corrected chi connectivity index (χ1v) is 14.7. The zero-order valence-corrected chi connectivity index (χ0v) is 24.6. The van der Waals surface area contributed by atoms with Crippen LogP contribution in [0.1, 0.15) is 37.9 Å². The number of hydrogen-bond donors (Lipinski definition) is 1. The molecular weight excluding hydrogens is 516 g/mol. The first-order valence-electron chi connectivity index (χ1n) is 14.7. The van der Waals surface area contributed by atoms with Crippen LogP contribution < -0.4 is 14.5 Å². The van der Waals surface area contributed by atoms with Crippen LogP contribution in [0.5, 0.6) is 11.8 Å². The summed E-state index contributed by atoms with van der Waals surface area (Å²) in [7, 11) is 1.58. The molecular formula is C32H42N6O3. The Labute approximate surface area is 243 Å². The van der Waals surface area contributed by atoms with Crippen molar-refractivity contribution in [2.75, 3.05) is 62.7 Å². The topological polar surface area (TPSA) is 85.3 Å². The predicted octanol–water partition coefficient (Wildman–Crippen LogP) is 4.23. The van der Waals surface area contributed by atoms with Crippen molar-refractivity contribution in [3.05, 3.63) is 60.3 Å². The molecule has 0 saturated carbocycles. The van der Waals surface area contributed by atoms with Crippen LogP contribution in [0.4, 0.5) is 11.5 Å². The van der Waals surface area contributed by atoms with Crippen LogP contribution in [0.2, 0.25) is 0 Å². The third-order valence-corrected chi connectivity index (χ3v) is 8.31. The van der Waals surface area contributed by atoms with Gasteiger partial charge in [-0.3, -0.25) is 4.79 Å². The van der Waals surface area contributed by atoms with E-state index in [1.807, 2.05) is 29.2 Å². The molecule has 4 heterocycles. The molecule has 0 unspecified atom stereocenters. The third-order valence-electron chi connectivity index (χ3n) is 8.31. The van der Waals surface area contributed by atoms with Crippen LogP contribution in [0, 0.1) is 0 Å². The predicted molar refractivity (Wildman–Crippen MR) is 164 cm³/mol. The highest BCUT2D eigenvalue weighted by atomic mass is 16.5. The number of likely N-dealkylation sites (tertiary alicyclic amines) is 1. The van der Waals surface area contributed by atoms with Gasteiger partial charge in [-0.25, -0.2) is 0 Å². The van der Waals surface area contributed by atoms with E-state index in [1.165, 1.54) is 32.0 Å². The van der Waals surface area contributed by atoms with E-state index in [9.17, 15) is 9.90 Å². The molecule has 0 aliphatic carbocycles. The van der Waals surface area contributed by atoms with Crippen molar-refractivity contribution >= 4 is 28.2 Å². The zero-order chi connectivity index (χ0) is 28.9. The molecule has 0 bridgehead atoms. The van der Waals surface area contributed by atoms with Gasteiger partial charge in [-0.15, -0.1) is 0 Å². The Morgan fingerprint density at radius 3 is 2.39 bits per heavy atom. The minimum atomic E-state index is -0.0362. The Bertz CT molecular complexity index is 1380. The van der Waals surface area contributed by atoms with Crippen molar-refractivity contribution in [2.24, 2.45) is 0 Å². The van der Waals surface area contributed by atoms with Crippen LogP contribution in [-0.2, 0) is 17.8 Å². The highest BCUT2D eigenvalue weighted by Gasteiger charge is 2.29. The number of nitrogens with zero attached hydrogens (tertiary/aromatic N) is 6. The molecule has 1 aromatic heterocycles. The standard InChI is InChI=1S/C25H27N5O3.C7H15N/c1-3-23(32)28-10-12-29(13-11-28)24-20-8-9-30(16-21(20)26-25(27-24)33-2)22-15-18(31)14-17-6-4-5-7-19(17)22;1-7(2)8-5-3-4-6-8/h3-7,14-15,31H,1,8-13,16H2,2H3;7H,3-6H2,1-2H3. The molecule has 3 aliphatic rings. The molecule has 0 radical (unpaired) electrons. The van der Waals surface area contributed by atoms with Gasteiger partial charge >= 0.3 is 6.01 Å². The van der Waals surface area contributed by atoms with E-state index in [0.717, 1.165) is 52.5 Å². The summed E-state index contributed by atoms with van der Waals surface area (Å²) < 4.78 is 5.43. The quantitative estimate of drug-likeness (QED) is 0.466. The normalized spacial score (nSPS) is 17.3. The highest BCUT2D eigenvalue weighted by molar-refractivity contribution is 5.95. The molecule has 2 fully saturated rings. The molecule has 1 amide bonds. The Balaban J connectivity index is 0.000000365. The molecule has 2 saturated heterocycles. The lowest BCUT2D eigenvalue weighted by Crippen LogP contribution is -2.49. The smallest absolute Gasteiger partial charge is 0.318 e. The summed E-state index contributed by atoms with van der Waals surface area (Å²) in [6.45, 7) is 14.8. The number of rotatable bonds is 5. The lowest BCUT2D eigenvalue weighted by Gasteiger charge is -2.38. The summed E-state index contributed by atoms with van der Waals surface area (Å²) in [4.78, 5) is 30.1. The number of phenols is 1. The monoisotopic (exact) mass is 558 g/mol. The lowest BCUT2D eigenvalue weighted by molar-refractivity contribution is -0.126. The fraction of sp³-hybridized carbons (Fsp3) is 0.469. The Morgan fingerprint density at radius 1 is 1.00 bits per heavy atom.